The van der Waals surface area contributed by atoms with Crippen LogP contribution in [0.3, 0.4) is 0 Å². The van der Waals surface area contributed by atoms with Crippen molar-refractivity contribution < 1.29 is 14.3 Å². The van der Waals surface area contributed by atoms with Crippen LogP contribution in [0, 0.1) is 0 Å². The molecule has 2 rings (SSSR count). The van der Waals surface area contributed by atoms with Gasteiger partial charge in [-0.15, -0.1) is 0 Å². The molecule has 1 aromatic carbocycles. The van der Waals surface area contributed by atoms with Crippen LogP contribution in [0.5, 0.6) is 0 Å². The van der Waals surface area contributed by atoms with Gasteiger partial charge in [0.05, 0.1) is 23.4 Å². The molecule has 1 aliphatic rings. The number of morpholine rings is 1. The predicted molar refractivity (Wildman–Crippen MR) is 98.3 cm³/mol. The second-order valence-electron chi connectivity index (χ2n) is 5.70. The fraction of sp³-hybridized carbons (Fsp3) is 0.529. The van der Waals surface area contributed by atoms with Gasteiger partial charge in [0.15, 0.2) is 0 Å². The molecular formula is C17H25ClN4O3. The van der Waals surface area contributed by atoms with Gasteiger partial charge >= 0.3 is 6.03 Å². The van der Waals surface area contributed by atoms with Crippen molar-refractivity contribution in [2.45, 2.75) is 20.0 Å². The van der Waals surface area contributed by atoms with E-state index in [1.54, 1.807) is 23.1 Å². The molecule has 25 heavy (non-hydrogen) atoms. The molecule has 1 aliphatic heterocycles. The third-order valence-electron chi connectivity index (χ3n) is 4.01. The second-order valence-corrected chi connectivity index (χ2v) is 6.11. The van der Waals surface area contributed by atoms with E-state index in [4.69, 9.17) is 16.3 Å². The zero-order valence-electron chi connectivity index (χ0n) is 14.6. The van der Waals surface area contributed by atoms with Crippen LogP contribution in [0.25, 0.3) is 0 Å². The van der Waals surface area contributed by atoms with E-state index in [9.17, 15) is 9.59 Å². The van der Waals surface area contributed by atoms with Crippen LogP contribution in [0.4, 0.5) is 10.5 Å². The summed E-state index contributed by atoms with van der Waals surface area (Å²) in [5.41, 5.74) is 0.892. The highest BCUT2D eigenvalue weighted by molar-refractivity contribution is 6.33. The third kappa shape index (κ3) is 5.59. The van der Waals surface area contributed by atoms with E-state index >= 15 is 0 Å². The zero-order valence-corrected chi connectivity index (χ0v) is 15.4. The highest BCUT2D eigenvalue weighted by Gasteiger charge is 2.17. The molecule has 0 aliphatic carbocycles. The van der Waals surface area contributed by atoms with E-state index in [1.807, 2.05) is 13.8 Å². The number of hydrogen-bond donors (Lipinski definition) is 3. The van der Waals surface area contributed by atoms with Crippen LogP contribution in [-0.2, 0) is 4.74 Å². The molecule has 1 atom stereocenters. The minimum absolute atomic E-state index is 0.0504. The lowest BCUT2D eigenvalue weighted by Gasteiger charge is -2.23. The normalized spacial score (nSPS) is 17.0. The average Bonchev–Trinajstić information content (AvgIpc) is 2.63. The molecule has 1 aromatic rings. The van der Waals surface area contributed by atoms with E-state index in [0.29, 0.717) is 49.1 Å². The van der Waals surface area contributed by atoms with Crippen molar-refractivity contribution in [3.63, 3.8) is 0 Å². The monoisotopic (exact) mass is 368 g/mol. The number of benzene rings is 1. The van der Waals surface area contributed by atoms with E-state index in [2.05, 4.69) is 16.0 Å². The SMILES string of the molecule is CCN(CC)C(=O)c1ccc(Cl)c(NC(=O)NC[C@@H]2CNCCO2)c1. The smallest absolute Gasteiger partial charge is 0.319 e. The summed E-state index contributed by atoms with van der Waals surface area (Å²) in [6.45, 7) is 7.65. The summed E-state index contributed by atoms with van der Waals surface area (Å²) in [4.78, 5) is 26.2. The minimum Gasteiger partial charge on any atom is -0.374 e. The van der Waals surface area contributed by atoms with Crippen molar-refractivity contribution in [3.05, 3.63) is 28.8 Å². The quantitative estimate of drug-likeness (QED) is 0.716. The molecule has 3 N–H and O–H groups in total. The van der Waals surface area contributed by atoms with Crippen molar-refractivity contribution in [1.29, 1.82) is 0 Å². The number of carbonyl (C=O) groups excluding carboxylic acids is 2. The van der Waals surface area contributed by atoms with E-state index in [0.717, 1.165) is 6.54 Å². The molecular weight excluding hydrogens is 344 g/mol. The number of anilines is 1. The fourth-order valence-electron chi connectivity index (χ4n) is 2.57. The zero-order chi connectivity index (χ0) is 18.2. The van der Waals surface area contributed by atoms with Crippen LogP contribution in [0.1, 0.15) is 24.2 Å². The minimum atomic E-state index is -0.386. The molecule has 0 spiro atoms. The molecule has 0 bridgehead atoms. The number of urea groups is 1. The molecule has 138 valence electrons. The van der Waals surface area contributed by atoms with Gasteiger partial charge in [-0.25, -0.2) is 4.79 Å². The molecule has 0 saturated carbocycles. The third-order valence-corrected chi connectivity index (χ3v) is 4.34. The summed E-state index contributed by atoms with van der Waals surface area (Å²) in [5.74, 6) is -0.0909. The highest BCUT2D eigenvalue weighted by atomic mass is 35.5. The van der Waals surface area contributed by atoms with Crippen LogP contribution in [0.15, 0.2) is 18.2 Å². The van der Waals surface area contributed by atoms with Crippen molar-refractivity contribution in [2.24, 2.45) is 0 Å². The maximum atomic E-state index is 12.4. The lowest BCUT2D eigenvalue weighted by molar-refractivity contribution is 0.0310. The molecule has 0 radical (unpaired) electrons. The molecule has 7 nitrogen and oxygen atoms in total. The van der Waals surface area contributed by atoms with E-state index in [1.165, 1.54) is 0 Å². The number of nitrogens with one attached hydrogen (secondary N) is 3. The first-order valence-corrected chi connectivity index (χ1v) is 8.89. The standard InChI is InChI=1S/C17H25ClN4O3/c1-3-22(4-2)16(23)12-5-6-14(18)15(9-12)21-17(24)20-11-13-10-19-7-8-25-13/h5-6,9,13,19H,3-4,7-8,10-11H2,1-2H3,(H2,20,21,24)/t13-/m0/s1. The van der Waals surface area contributed by atoms with Crippen molar-refractivity contribution in [2.75, 3.05) is 44.6 Å². The predicted octanol–water partition coefficient (Wildman–Crippen LogP) is 1.93. The topological polar surface area (TPSA) is 82.7 Å². The fourth-order valence-corrected chi connectivity index (χ4v) is 2.74. The van der Waals surface area contributed by atoms with Crippen LogP contribution in [-0.4, -0.2) is 62.3 Å². The summed E-state index contributed by atoms with van der Waals surface area (Å²) in [6, 6.07) is 4.49. The number of amides is 3. The lowest BCUT2D eigenvalue weighted by Crippen LogP contribution is -2.46. The average molecular weight is 369 g/mol. The lowest BCUT2D eigenvalue weighted by atomic mass is 10.1. The van der Waals surface area contributed by atoms with Crippen LogP contribution < -0.4 is 16.0 Å². The van der Waals surface area contributed by atoms with Crippen molar-refractivity contribution >= 4 is 29.2 Å². The van der Waals surface area contributed by atoms with Gasteiger partial charge in [-0.1, -0.05) is 11.6 Å². The summed E-state index contributed by atoms with van der Waals surface area (Å²) >= 11 is 6.14. The summed E-state index contributed by atoms with van der Waals surface area (Å²) in [6.07, 6.45) is -0.0504. The van der Waals surface area contributed by atoms with Gasteiger partial charge in [0.25, 0.3) is 5.91 Å². The Hall–Kier alpha value is -1.83. The van der Waals surface area contributed by atoms with E-state index < -0.39 is 0 Å². The van der Waals surface area contributed by atoms with Gasteiger partial charge in [0.2, 0.25) is 0 Å². The number of ether oxygens (including phenoxy) is 1. The molecule has 0 unspecified atom stereocenters. The number of halogens is 1. The van der Waals surface area contributed by atoms with Gasteiger partial charge in [-0.05, 0) is 32.0 Å². The Balaban J connectivity index is 1.97. The first-order valence-electron chi connectivity index (χ1n) is 8.51. The Labute approximate surface area is 153 Å². The van der Waals surface area contributed by atoms with Gasteiger partial charge in [-0.3, -0.25) is 4.79 Å². The van der Waals surface area contributed by atoms with Crippen molar-refractivity contribution in [1.82, 2.24) is 15.5 Å². The first-order chi connectivity index (χ1) is 12.0. The summed E-state index contributed by atoms with van der Waals surface area (Å²) in [5, 5.41) is 9.02. The first kappa shape index (κ1) is 19.5. The molecule has 1 saturated heterocycles. The molecule has 1 heterocycles. The molecule has 1 fully saturated rings. The Morgan fingerprint density at radius 3 is 2.76 bits per heavy atom. The van der Waals surface area contributed by atoms with Gasteiger partial charge in [-0.2, -0.15) is 0 Å². The van der Waals surface area contributed by atoms with Gasteiger partial charge < -0.3 is 25.6 Å². The van der Waals surface area contributed by atoms with E-state index in [-0.39, 0.29) is 18.0 Å². The largest absolute Gasteiger partial charge is 0.374 e. The van der Waals surface area contributed by atoms with Crippen LogP contribution >= 0.6 is 11.6 Å². The highest BCUT2D eigenvalue weighted by Crippen LogP contribution is 2.23. The van der Waals surface area contributed by atoms with Gasteiger partial charge in [0.1, 0.15) is 0 Å². The maximum Gasteiger partial charge on any atom is 0.319 e. The van der Waals surface area contributed by atoms with Gasteiger partial charge in [0, 0.05) is 38.3 Å². The Bertz CT molecular complexity index is 602. The Kier molecular flexibility index (Phi) is 7.49. The second kappa shape index (κ2) is 9.60. The number of hydrogen-bond acceptors (Lipinski definition) is 4. The molecule has 3 amide bonds. The maximum absolute atomic E-state index is 12.4. The number of carbonyl (C=O) groups is 2. The Morgan fingerprint density at radius 1 is 1.36 bits per heavy atom. The van der Waals surface area contributed by atoms with Crippen LogP contribution in [0.2, 0.25) is 5.02 Å². The Morgan fingerprint density at radius 2 is 2.12 bits per heavy atom. The molecule has 8 heteroatoms. The number of rotatable bonds is 6. The van der Waals surface area contributed by atoms with Crippen molar-refractivity contribution in [3.8, 4) is 0 Å². The summed E-state index contributed by atoms with van der Waals surface area (Å²) < 4.78 is 5.52. The number of nitrogens with zero attached hydrogens (tertiary/aromatic N) is 1. The summed E-state index contributed by atoms with van der Waals surface area (Å²) in [7, 11) is 0. The molecule has 0 aromatic heterocycles.